The summed E-state index contributed by atoms with van der Waals surface area (Å²) in [6.07, 6.45) is 0.563. The van der Waals surface area contributed by atoms with Crippen molar-refractivity contribution in [2.45, 2.75) is 19.4 Å². The van der Waals surface area contributed by atoms with Gasteiger partial charge in [-0.3, -0.25) is 9.63 Å². The third-order valence-electron chi connectivity index (χ3n) is 2.21. The van der Waals surface area contributed by atoms with Gasteiger partial charge in [0.2, 0.25) is 0 Å². The van der Waals surface area contributed by atoms with Crippen LogP contribution in [0.15, 0.2) is 0 Å². The summed E-state index contributed by atoms with van der Waals surface area (Å²) in [6, 6.07) is 0. The van der Waals surface area contributed by atoms with Gasteiger partial charge in [-0.1, -0.05) is 6.92 Å². The summed E-state index contributed by atoms with van der Waals surface area (Å²) in [5.74, 6) is 0.0622. The minimum absolute atomic E-state index is 0.203. The van der Waals surface area contributed by atoms with Crippen LogP contribution >= 0.6 is 0 Å². The van der Waals surface area contributed by atoms with Crippen LogP contribution in [0.25, 0.3) is 0 Å². The van der Waals surface area contributed by atoms with Crippen molar-refractivity contribution in [1.29, 1.82) is 0 Å². The molecule has 0 saturated carbocycles. The van der Waals surface area contributed by atoms with E-state index in [1.165, 1.54) is 0 Å². The Morgan fingerprint density at radius 3 is 2.93 bits per heavy atom. The zero-order chi connectivity index (χ0) is 10.4. The first kappa shape index (κ1) is 11.4. The fourth-order valence-corrected chi connectivity index (χ4v) is 1.34. The molecule has 1 amide bonds. The van der Waals surface area contributed by atoms with E-state index in [4.69, 9.17) is 14.3 Å². The molecule has 14 heavy (non-hydrogen) atoms. The highest BCUT2D eigenvalue weighted by Gasteiger charge is 2.30. The lowest BCUT2D eigenvalue weighted by Crippen LogP contribution is -2.37. The molecule has 2 atom stereocenters. The summed E-state index contributed by atoms with van der Waals surface area (Å²) in [5.41, 5.74) is 2.35. The van der Waals surface area contributed by atoms with E-state index in [0.717, 1.165) is 6.42 Å². The number of nitrogens with one attached hydrogen (secondary N) is 1. The van der Waals surface area contributed by atoms with Crippen molar-refractivity contribution in [3.63, 3.8) is 0 Å². The van der Waals surface area contributed by atoms with Gasteiger partial charge in [0.1, 0.15) is 6.10 Å². The van der Waals surface area contributed by atoms with E-state index < -0.39 is 0 Å². The number of hydrogen-bond donors (Lipinski definition) is 1. The summed E-state index contributed by atoms with van der Waals surface area (Å²) in [4.78, 5) is 16.3. The van der Waals surface area contributed by atoms with E-state index in [1.54, 1.807) is 7.11 Å². The van der Waals surface area contributed by atoms with Gasteiger partial charge in [-0.15, -0.1) is 0 Å². The topological polar surface area (TPSA) is 56.8 Å². The van der Waals surface area contributed by atoms with Gasteiger partial charge in [-0.2, -0.15) is 0 Å². The number of carbonyl (C=O) groups excluding carboxylic acids is 1. The third kappa shape index (κ3) is 3.25. The molecule has 1 fully saturated rings. The molecule has 0 radical (unpaired) electrons. The summed E-state index contributed by atoms with van der Waals surface area (Å²) in [7, 11) is 1.58. The number of hydrogen-bond acceptors (Lipinski definition) is 4. The Morgan fingerprint density at radius 1 is 1.57 bits per heavy atom. The number of rotatable bonds is 5. The van der Waals surface area contributed by atoms with Crippen LogP contribution in [0, 0.1) is 5.92 Å². The van der Waals surface area contributed by atoms with Gasteiger partial charge in [-0.25, -0.2) is 5.48 Å². The second-order valence-corrected chi connectivity index (χ2v) is 3.36. The lowest BCUT2D eigenvalue weighted by atomic mass is 10.0. The van der Waals surface area contributed by atoms with E-state index in [1.807, 2.05) is 6.92 Å². The molecule has 0 spiro atoms. The quantitative estimate of drug-likeness (QED) is 0.509. The summed E-state index contributed by atoms with van der Waals surface area (Å²) in [6.45, 7) is 3.45. The van der Waals surface area contributed by atoms with Crippen molar-refractivity contribution in [3.8, 4) is 0 Å². The average molecular weight is 203 g/mol. The highest BCUT2D eigenvalue weighted by molar-refractivity contribution is 5.80. The largest absolute Gasteiger partial charge is 0.382 e. The van der Waals surface area contributed by atoms with Crippen LogP contribution in [0.4, 0.5) is 0 Å². The average Bonchev–Trinajstić information content (AvgIpc) is 2.59. The molecular formula is C9H17NO4. The lowest BCUT2D eigenvalue weighted by molar-refractivity contribution is -0.145. The van der Waals surface area contributed by atoms with Crippen molar-refractivity contribution < 1.29 is 19.1 Å². The standard InChI is InChI=1S/C9H17NO4/c1-7-3-4-13-8(7)9(11)10-14-6-5-12-2/h7-8H,3-6H2,1-2H3,(H,10,11). The Bertz CT molecular complexity index is 186. The summed E-state index contributed by atoms with van der Waals surface area (Å²) < 4.78 is 10.0. The molecule has 1 heterocycles. The number of methoxy groups -OCH3 is 1. The Hall–Kier alpha value is -0.650. The molecule has 0 aliphatic carbocycles. The molecule has 82 valence electrons. The second kappa shape index (κ2) is 5.95. The first-order valence-corrected chi connectivity index (χ1v) is 4.78. The molecule has 1 N–H and O–H groups in total. The fourth-order valence-electron chi connectivity index (χ4n) is 1.34. The van der Waals surface area contributed by atoms with Gasteiger partial charge in [0, 0.05) is 13.7 Å². The van der Waals surface area contributed by atoms with Crippen molar-refractivity contribution in [1.82, 2.24) is 5.48 Å². The van der Waals surface area contributed by atoms with Gasteiger partial charge in [-0.05, 0) is 12.3 Å². The van der Waals surface area contributed by atoms with Gasteiger partial charge < -0.3 is 9.47 Å². The first-order chi connectivity index (χ1) is 6.75. The van der Waals surface area contributed by atoms with E-state index in [2.05, 4.69) is 5.48 Å². The molecule has 5 nitrogen and oxygen atoms in total. The minimum atomic E-state index is -0.363. The van der Waals surface area contributed by atoms with Crippen molar-refractivity contribution >= 4 is 5.91 Å². The maximum absolute atomic E-state index is 11.4. The minimum Gasteiger partial charge on any atom is -0.382 e. The van der Waals surface area contributed by atoms with Crippen molar-refractivity contribution in [2.24, 2.45) is 5.92 Å². The smallest absolute Gasteiger partial charge is 0.272 e. The van der Waals surface area contributed by atoms with Crippen LogP contribution in [0.1, 0.15) is 13.3 Å². The van der Waals surface area contributed by atoms with Crippen molar-refractivity contribution in [2.75, 3.05) is 26.9 Å². The van der Waals surface area contributed by atoms with Crippen LogP contribution in [0.2, 0.25) is 0 Å². The highest BCUT2D eigenvalue weighted by atomic mass is 16.7. The maximum Gasteiger partial charge on any atom is 0.272 e. The molecule has 0 bridgehead atoms. The van der Waals surface area contributed by atoms with Crippen LogP contribution in [-0.2, 0) is 19.1 Å². The number of carbonyl (C=O) groups is 1. The molecule has 1 aliphatic heterocycles. The Morgan fingerprint density at radius 2 is 2.36 bits per heavy atom. The molecule has 2 unspecified atom stereocenters. The van der Waals surface area contributed by atoms with Crippen LogP contribution in [0.5, 0.6) is 0 Å². The highest BCUT2D eigenvalue weighted by Crippen LogP contribution is 2.19. The molecule has 0 aromatic rings. The van der Waals surface area contributed by atoms with E-state index in [0.29, 0.717) is 19.8 Å². The van der Waals surface area contributed by atoms with Crippen LogP contribution in [-0.4, -0.2) is 38.9 Å². The van der Waals surface area contributed by atoms with Crippen molar-refractivity contribution in [3.05, 3.63) is 0 Å². The van der Waals surface area contributed by atoms with Crippen LogP contribution in [0.3, 0.4) is 0 Å². The lowest BCUT2D eigenvalue weighted by Gasteiger charge is -2.13. The van der Waals surface area contributed by atoms with E-state index >= 15 is 0 Å². The molecule has 1 aliphatic rings. The van der Waals surface area contributed by atoms with Crippen LogP contribution < -0.4 is 5.48 Å². The zero-order valence-electron chi connectivity index (χ0n) is 8.62. The molecule has 0 aromatic heterocycles. The summed E-state index contributed by atoms with van der Waals surface area (Å²) >= 11 is 0. The molecule has 5 heteroatoms. The summed E-state index contributed by atoms with van der Waals surface area (Å²) in [5, 5.41) is 0. The predicted molar refractivity (Wildman–Crippen MR) is 49.5 cm³/mol. The fraction of sp³-hybridized carbons (Fsp3) is 0.889. The van der Waals surface area contributed by atoms with Gasteiger partial charge in [0.05, 0.1) is 13.2 Å². The molecule has 1 saturated heterocycles. The monoisotopic (exact) mass is 203 g/mol. The Kier molecular flexibility index (Phi) is 4.86. The SMILES string of the molecule is COCCONC(=O)C1OCCC1C. The Balaban J connectivity index is 2.14. The number of ether oxygens (including phenoxy) is 2. The normalized spacial score (nSPS) is 26.4. The van der Waals surface area contributed by atoms with E-state index in [9.17, 15) is 4.79 Å². The zero-order valence-corrected chi connectivity index (χ0v) is 8.62. The first-order valence-electron chi connectivity index (χ1n) is 4.78. The second-order valence-electron chi connectivity index (χ2n) is 3.36. The predicted octanol–water partition coefficient (Wildman–Crippen LogP) is 0.106. The Labute approximate surface area is 83.7 Å². The molecule has 0 aromatic carbocycles. The van der Waals surface area contributed by atoms with Gasteiger partial charge in [0.25, 0.3) is 5.91 Å². The third-order valence-corrected chi connectivity index (χ3v) is 2.21. The molecular weight excluding hydrogens is 186 g/mol. The van der Waals surface area contributed by atoms with Gasteiger partial charge >= 0.3 is 0 Å². The van der Waals surface area contributed by atoms with E-state index in [-0.39, 0.29) is 17.9 Å². The number of amides is 1. The maximum atomic E-state index is 11.4. The molecule has 1 rings (SSSR count). The number of hydroxylamine groups is 1. The van der Waals surface area contributed by atoms with Gasteiger partial charge in [0.15, 0.2) is 0 Å².